The highest BCUT2D eigenvalue weighted by molar-refractivity contribution is 7.11. The molecule has 130 valence electrons. The first-order chi connectivity index (χ1) is 12.0. The van der Waals surface area contributed by atoms with Gasteiger partial charge in [-0.3, -0.25) is 4.79 Å². The molecule has 25 heavy (non-hydrogen) atoms. The Morgan fingerprint density at radius 3 is 2.84 bits per heavy atom. The number of benzene rings is 1. The maximum Gasteiger partial charge on any atom is 0.347 e. The van der Waals surface area contributed by atoms with Crippen molar-refractivity contribution >= 4 is 29.2 Å². The zero-order chi connectivity index (χ0) is 18.0. The summed E-state index contributed by atoms with van der Waals surface area (Å²) in [6, 6.07) is 6.90. The largest absolute Gasteiger partial charge is 0.479 e. The van der Waals surface area contributed by atoms with Crippen molar-refractivity contribution in [3.8, 4) is 11.5 Å². The lowest BCUT2D eigenvalue weighted by Gasteiger charge is -2.13. The molecule has 0 unspecified atom stereocenters. The number of ether oxygens (including phenoxy) is 3. The van der Waals surface area contributed by atoms with Gasteiger partial charge in [-0.25, -0.2) is 4.79 Å². The van der Waals surface area contributed by atoms with E-state index in [9.17, 15) is 9.59 Å². The minimum Gasteiger partial charge on any atom is -0.479 e. The van der Waals surface area contributed by atoms with Gasteiger partial charge in [0, 0.05) is 17.0 Å². The van der Waals surface area contributed by atoms with E-state index in [1.807, 2.05) is 18.4 Å². The van der Waals surface area contributed by atoms with E-state index < -0.39 is 12.1 Å². The third-order valence-corrected chi connectivity index (χ3v) is 4.70. The van der Waals surface area contributed by atoms with Crippen LogP contribution in [0, 0.1) is 6.92 Å². The summed E-state index contributed by atoms with van der Waals surface area (Å²) < 4.78 is 16.2. The quantitative estimate of drug-likeness (QED) is 0.597. The van der Waals surface area contributed by atoms with E-state index >= 15 is 0 Å². The minimum atomic E-state index is -0.737. The van der Waals surface area contributed by atoms with Gasteiger partial charge in [-0.15, -0.1) is 11.3 Å². The maximum absolute atomic E-state index is 12.5. The lowest BCUT2D eigenvalue weighted by Crippen LogP contribution is -2.26. The van der Waals surface area contributed by atoms with Crippen molar-refractivity contribution in [2.45, 2.75) is 26.9 Å². The molecule has 0 spiro atoms. The number of rotatable bonds is 5. The number of carbonyl (C=O) groups excluding carboxylic acids is 2. The van der Waals surface area contributed by atoms with Crippen LogP contribution in [-0.2, 0) is 9.53 Å². The molecular weight excluding hydrogens is 340 g/mol. The van der Waals surface area contributed by atoms with Gasteiger partial charge < -0.3 is 14.2 Å². The van der Waals surface area contributed by atoms with Gasteiger partial charge in [0.2, 0.25) is 5.78 Å². The van der Waals surface area contributed by atoms with E-state index in [0.717, 1.165) is 10.4 Å². The molecule has 0 radical (unpaired) electrons. The Hall–Kier alpha value is -2.60. The van der Waals surface area contributed by atoms with E-state index in [0.29, 0.717) is 23.7 Å². The number of allylic oxidation sites excluding steroid dienone is 1. The molecule has 1 atom stereocenters. The average Bonchev–Trinajstić information content (AvgIpc) is 3.12. The maximum atomic E-state index is 12.5. The Bertz CT molecular complexity index is 849. The Kier molecular flexibility index (Phi) is 4.90. The smallest absolute Gasteiger partial charge is 0.347 e. The summed E-state index contributed by atoms with van der Waals surface area (Å²) >= 11 is 1.55. The summed E-state index contributed by atoms with van der Waals surface area (Å²) in [5, 5.41) is 1.97. The van der Waals surface area contributed by atoms with Crippen LogP contribution in [0.2, 0.25) is 0 Å². The van der Waals surface area contributed by atoms with Crippen LogP contribution < -0.4 is 9.47 Å². The van der Waals surface area contributed by atoms with Gasteiger partial charge in [0.1, 0.15) is 11.5 Å². The molecule has 2 heterocycles. The highest BCUT2D eigenvalue weighted by Crippen LogP contribution is 2.35. The van der Waals surface area contributed by atoms with Gasteiger partial charge >= 0.3 is 5.97 Å². The van der Waals surface area contributed by atoms with Crippen LogP contribution in [-0.4, -0.2) is 24.5 Å². The summed E-state index contributed by atoms with van der Waals surface area (Å²) in [5.41, 5.74) is 1.58. The molecule has 1 aromatic carbocycles. The number of aryl methyl sites for hydroxylation is 1. The first-order valence-electron chi connectivity index (χ1n) is 7.95. The first kappa shape index (κ1) is 17.2. The molecule has 0 bridgehead atoms. The molecule has 0 fully saturated rings. The first-order valence-corrected chi connectivity index (χ1v) is 8.83. The van der Waals surface area contributed by atoms with Crippen LogP contribution in [0.3, 0.4) is 0 Å². The third-order valence-electron chi connectivity index (χ3n) is 3.74. The fraction of sp³-hybridized carbons (Fsp3) is 0.263. The van der Waals surface area contributed by atoms with Gasteiger partial charge in [-0.2, -0.15) is 0 Å². The fourth-order valence-electron chi connectivity index (χ4n) is 2.40. The van der Waals surface area contributed by atoms with Crippen LogP contribution in [0.5, 0.6) is 11.5 Å². The minimum absolute atomic E-state index is 0.159. The van der Waals surface area contributed by atoms with Crippen molar-refractivity contribution in [1.29, 1.82) is 0 Å². The predicted molar refractivity (Wildman–Crippen MR) is 95.2 cm³/mol. The number of hydrogen-bond acceptors (Lipinski definition) is 6. The van der Waals surface area contributed by atoms with Crippen molar-refractivity contribution in [2.75, 3.05) is 6.61 Å². The van der Waals surface area contributed by atoms with Gasteiger partial charge in [0.05, 0.1) is 12.2 Å². The molecule has 0 saturated heterocycles. The Balaban J connectivity index is 1.79. The monoisotopic (exact) mass is 358 g/mol. The molecule has 2 aromatic rings. The lowest BCUT2D eigenvalue weighted by atomic mass is 10.1. The van der Waals surface area contributed by atoms with Crippen molar-refractivity contribution in [1.82, 2.24) is 0 Å². The van der Waals surface area contributed by atoms with Gasteiger partial charge in [0.25, 0.3) is 0 Å². The standard InChI is InChI=1S/C19H18O5S/c1-4-22-19(21)12(3)23-13-5-6-14-15(9-13)24-16(18(14)20)10-17-11(2)7-8-25-17/h5-10,12H,4H2,1-3H3/b16-10-/t12-/m1/s1. The molecule has 1 aliphatic rings. The summed E-state index contributed by atoms with van der Waals surface area (Å²) in [6.07, 6.45) is 1.02. The zero-order valence-electron chi connectivity index (χ0n) is 14.2. The molecular formula is C19H18O5S. The van der Waals surface area contributed by atoms with Gasteiger partial charge in [-0.1, -0.05) is 0 Å². The third kappa shape index (κ3) is 3.58. The van der Waals surface area contributed by atoms with E-state index in [2.05, 4.69) is 0 Å². The zero-order valence-corrected chi connectivity index (χ0v) is 15.0. The van der Waals surface area contributed by atoms with Gasteiger partial charge in [0.15, 0.2) is 11.9 Å². The van der Waals surface area contributed by atoms with Crippen molar-refractivity contribution in [3.63, 3.8) is 0 Å². The van der Waals surface area contributed by atoms with Crippen molar-refractivity contribution in [3.05, 3.63) is 51.4 Å². The molecule has 5 nitrogen and oxygen atoms in total. The number of hydrogen-bond donors (Lipinski definition) is 0. The van der Waals surface area contributed by atoms with Gasteiger partial charge in [-0.05, 0) is 49.9 Å². The second-order valence-electron chi connectivity index (χ2n) is 5.58. The average molecular weight is 358 g/mol. The van der Waals surface area contributed by atoms with Crippen molar-refractivity contribution in [2.24, 2.45) is 0 Å². The van der Waals surface area contributed by atoms with Crippen LogP contribution in [0.15, 0.2) is 35.4 Å². The number of carbonyl (C=O) groups is 2. The number of fused-ring (bicyclic) bond motifs is 1. The number of Topliss-reactive ketones (excluding diaryl/α,β-unsaturated/α-hetero) is 1. The van der Waals surface area contributed by atoms with E-state index in [1.54, 1.807) is 49.5 Å². The molecule has 0 saturated carbocycles. The van der Waals surface area contributed by atoms with Crippen LogP contribution >= 0.6 is 11.3 Å². The summed E-state index contributed by atoms with van der Waals surface area (Å²) in [5.74, 6) is 0.567. The highest BCUT2D eigenvalue weighted by Gasteiger charge is 2.28. The van der Waals surface area contributed by atoms with Crippen molar-refractivity contribution < 1.29 is 23.8 Å². The van der Waals surface area contributed by atoms with Crippen LogP contribution in [0.4, 0.5) is 0 Å². The predicted octanol–water partition coefficient (Wildman–Crippen LogP) is 4.00. The van der Waals surface area contributed by atoms with E-state index in [-0.39, 0.29) is 11.5 Å². The lowest BCUT2D eigenvalue weighted by molar-refractivity contribution is -0.150. The molecule has 0 aliphatic carbocycles. The van der Waals surface area contributed by atoms with Crippen LogP contribution in [0.1, 0.15) is 34.6 Å². The molecule has 0 amide bonds. The molecule has 1 aromatic heterocycles. The fourth-order valence-corrected chi connectivity index (χ4v) is 3.25. The second kappa shape index (κ2) is 7.11. The molecule has 6 heteroatoms. The Labute approximate surface area is 149 Å². The molecule has 1 aliphatic heterocycles. The molecule has 3 rings (SSSR count). The Morgan fingerprint density at radius 1 is 1.36 bits per heavy atom. The topological polar surface area (TPSA) is 61.8 Å². The highest BCUT2D eigenvalue weighted by atomic mass is 32.1. The SMILES string of the molecule is CCOC(=O)[C@@H](C)Oc1ccc2c(c1)O/C(=C\c1sccc1C)C2=O. The summed E-state index contributed by atoms with van der Waals surface area (Å²) in [4.78, 5) is 25.1. The molecule has 0 N–H and O–H groups in total. The summed E-state index contributed by atoms with van der Waals surface area (Å²) in [6.45, 7) is 5.63. The summed E-state index contributed by atoms with van der Waals surface area (Å²) in [7, 11) is 0. The van der Waals surface area contributed by atoms with E-state index in [4.69, 9.17) is 14.2 Å². The second-order valence-corrected chi connectivity index (χ2v) is 6.53. The van der Waals surface area contributed by atoms with E-state index in [1.165, 1.54) is 0 Å². The number of thiophene rings is 1. The Morgan fingerprint density at radius 2 is 2.16 bits per heavy atom. The normalized spacial score (nSPS) is 15.6. The van der Waals surface area contributed by atoms with Crippen LogP contribution in [0.25, 0.3) is 6.08 Å². The number of ketones is 1. The number of esters is 1.